The third-order valence-corrected chi connectivity index (χ3v) is 5.66. The van der Waals surface area contributed by atoms with E-state index in [9.17, 15) is 22.4 Å². The van der Waals surface area contributed by atoms with Crippen molar-refractivity contribution in [2.45, 2.75) is 32.0 Å². The molecule has 2 aliphatic heterocycles. The maximum Gasteiger partial charge on any atom is 0.433 e. The Labute approximate surface area is 193 Å². The summed E-state index contributed by atoms with van der Waals surface area (Å²) in [6.07, 6.45) is -3.05. The van der Waals surface area contributed by atoms with Crippen LogP contribution in [0.25, 0.3) is 5.57 Å². The SMILES string of the molecule is CC(=O)N1CCC(NC2CCOC2)=C(C(=N)Nc2ccc(/C(=C/N)C(=N)C(F)(F)F)cc2F)C1. The molecule has 0 saturated carbocycles. The molecule has 0 spiro atoms. The average Bonchev–Trinajstić information content (AvgIpc) is 3.28. The largest absolute Gasteiger partial charge is 0.433 e. The minimum absolute atomic E-state index is 0.0723. The van der Waals surface area contributed by atoms with Crippen LogP contribution in [0.4, 0.5) is 23.2 Å². The zero-order valence-electron chi connectivity index (χ0n) is 18.5. The fourth-order valence-corrected chi connectivity index (χ4v) is 3.79. The Morgan fingerprint density at radius 3 is 2.62 bits per heavy atom. The summed E-state index contributed by atoms with van der Waals surface area (Å²) in [5.41, 5.74) is 3.79. The Hall–Kier alpha value is -3.41. The van der Waals surface area contributed by atoms with Crippen molar-refractivity contribution in [3.63, 3.8) is 0 Å². The molecule has 0 radical (unpaired) electrons. The quantitative estimate of drug-likeness (QED) is 0.242. The normalized spacial score (nSPS) is 19.3. The number of nitrogens with one attached hydrogen (secondary N) is 4. The Morgan fingerprint density at radius 1 is 1.32 bits per heavy atom. The van der Waals surface area contributed by atoms with Crippen molar-refractivity contribution >= 4 is 28.7 Å². The number of nitrogens with two attached hydrogens (primary N) is 1. The number of benzene rings is 1. The number of anilines is 1. The molecule has 1 aromatic rings. The molecule has 3 rings (SSSR count). The van der Waals surface area contributed by atoms with Crippen LogP contribution >= 0.6 is 0 Å². The fraction of sp³-hybridized carbons (Fsp3) is 0.409. The Bertz CT molecular complexity index is 1040. The molecule has 1 amide bonds. The summed E-state index contributed by atoms with van der Waals surface area (Å²) < 4.78 is 58.8. The van der Waals surface area contributed by atoms with Gasteiger partial charge in [0.2, 0.25) is 5.91 Å². The van der Waals surface area contributed by atoms with Crippen molar-refractivity contribution < 1.29 is 27.1 Å². The third kappa shape index (κ3) is 5.74. The lowest BCUT2D eigenvalue weighted by molar-refractivity contribution is -0.128. The minimum Gasteiger partial charge on any atom is -0.404 e. The van der Waals surface area contributed by atoms with Gasteiger partial charge in [-0.3, -0.25) is 15.6 Å². The predicted octanol–water partition coefficient (Wildman–Crippen LogP) is 2.98. The molecule has 2 heterocycles. The van der Waals surface area contributed by atoms with Gasteiger partial charge >= 0.3 is 6.18 Å². The van der Waals surface area contributed by atoms with Crippen LogP contribution in [0.3, 0.4) is 0 Å². The zero-order valence-corrected chi connectivity index (χ0v) is 18.5. The first kappa shape index (κ1) is 25.2. The van der Waals surface area contributed by atoms with Crippen LogP contribution in [0, 0.1) is 16.6 Å². The summed E-state index contributed by atoms with van der Waals surface area (Å²) in [4.78, 5) is 13.5. The first-order chi connectivity index (χ1) is 16.0. The van der Waals surface area contributed by atoms with Crippen molar-refractivity contribution in [3.05, 3.63) is 47.0 Å². The van der Waals surface area contributed by atoms with Crippen LogP contribution in [-0.4, -0.2) is 60.9 Å². The molecule has 12 heteroatoms. The smallest absolute Gasteiger partial charge is 0.404 e. The summed E-state index contributed by atoms with van der Waals surface area (Å²) in [7, 11) is 0. The molecule has 1 unspecified atom stereocenters. The molecule has 1 saturated heterocycles. The molecule has 1 atom stereocenters. The van der Waals surface area contributed by atoms with E-state index in [-0.39, 0.29) is 35.6 Å². The van der Waals surface area contributed by atoms with Crippen molar-refractivity contribution in [1.29, 1.82) is 10.8 Å². The van der Waals surface area contributed by atoms with Crippen LogP contribution < -0.4 is 16.4 Å². The van der Waals surface area contributed by atoms with E-state index in [1.165, 1.54) is 19.1 Å². The van der Waals surface area contributed by atoms with Crippen LogP contribution in [0.5, 0.6) is 0 Å². The number of nitrogens with zero attached hydrogens (tertiary/aromatic N) is 1. The van der Waals surface area contributed by atoms with Gasteiger partial charge in [0.05, 0.1) is 24.9 Å². The van der Waals surface area contributed by atoms with Crippen molar-refractivity contribution in [1.82, 2.24) is 10.2 Å². The van der Waals surface area contributed by atoms with E-state index in [0.29, 0.717) is 38.0 Å². The van der Waals surface area contributed by atoms with Crippen molar-refractivity contribution in [2.75, 3.05) is 31.6 Å². The highest BCUT2D eigenvalue weighted by Crippen LogP contribution is 2.29. The molecule has 6 N–H and O–H groups in total. The molecule has 2 aliphatic rings. The molecule has 0 aromatic heterocycles. The van der Waals surface area contributed by atoms with Crippen LogP contribution in [0.15, 0.2) is 35.7 Å². The number of ether oxygens (including phenoxy) is 1. The lowest BCUT2D eigenvalue weighted by atomic mass is 10.0. The number of amidine groups is 1. The Balaban J connectivity index is 1.83. The Kier molecular flexibility index (Phi) is 7.60. The first-order valence-electron chi connectivity index (χ1n) is 10.6. The lowest BCUT2D eigenvalue weighted by Crippen LogP contribution is -2.42. The van der Waals surface area contributed by atoms with Gasteiger partial charge < -0.3 is 26.0 Å². The number of alkyl halides is 3. The minimum atomic E-state index is -4.94. The molecule has 34 heavy (non-hydrogen) atoms. The maximum absolute atomic E-state index is 14.8. The van der Waals surface area contributed by atoms with Crippen molar-refractivity contribution in [2.24, 2.45) is 5.73 Å². The lowest BCUT2D eigenvalue weighted by Gasteiger charge is -2.32. The summed E-state index contributed by atoms with van der Waals surface area (Å²) in [6.45, 7) is 3.20. The summed E-state index contributed by atoms with van der Waals surface area (Å²) >= 11 is 0. The monoisotopic (exact) mass is 482 g/mol. The van der Waals surface area contributed by atoms with Gasteiger partial charge in [-0.25, -0.2) is 4.39 Å². The van der Waals surface area contributed by atoms with Crippen LogP contribution in [-0.2, 0) is 9.53 Å². The van der Waals surface area contributed by atoms with Gasteiger partial charge in [0.15, 0.2) is 0 Å². The highest BCUT2D eigenvalue weighted by molar-refractivity contribution is 6.24. The molecule has 1 aromatic carbocycles. The molecular weight excluding hydrogens is 456 g/mol. The topological polar surface area (TPSA) is 127 Å². The summed E-state index contributed by atoms with van der Waals surface area (Å²) in [5, 5.41) is 21.8. The van der Waals surface area contributed by atoms with E-state index in [1.807, 2.05) is 0 Å². The number of halogens is 4. The number of allylic oxidation sites excluding steroid dienone is 1. The standard InChI is InChI=1S/C22H26F4N6O2/c1-12(33)32-6-4-18(30-14-5-7-34-11-14)16(10-32)21(29)31-19-3-2-13(8-17(19)23)15(9-27)20(28)22(24,25)26/h2-3,8-9,14,28,30H,4-7,10-11,27H2,1H3,(H2,29,31)/b15-9-,28-20?. The number of hydrogen-bond donors (Lipinski definition) is 5. The van der Waals surface area contributed by atoms with Gasteiger partial charge in [0.25, 0.3) is 0 Å². The molecule has 8 nitrogen and oxygen atoms in total. The van der Waals surface area contributed by atoms with Gasteiger partial charge in [0, 0.05) is 49.5 Å². The average molecular weight is 482 g/mol. The molecule has 184 valence electrons. The summed E-state index contributed by atoms with van der Waals surface area (Å²) in [5.74, 6) is -1.22. The zero-order chi connectivity index (χ0) is 25.0. The van der Waals surface area contributed by atoms with Gasteiger partial charge in [-0.15, -0.1) is 0 Å². The second kappa shape index (κ2) is 10.2. The van der Waals surface area contributed by atoms with E-state index < -0.39 is 23.3 Å². The van der Waals surface area contributed by atoms with E-state index in [4.69, 9.17) is 21.3 Å². The predicted molar refractivity (Wildman–Crippen MR) is 120 cm³/mol. The number of carbonyl (C=O) groups is 1. The van der Waals surface area contributed by atoms with E-state index in [0.717, 1.165) is 18.2 Å². The second-order valence-corrected chi connectivity index (χ2v) is 8.00. The van der Waals surface area contributed by atoms with Gasteiger partial charge in [-0.2, -0.15) is 13.2 Å². The summed E-state index contributed by atoms with van der Waals surface area (Å²) in [6, 6.07) is 3.25. The maximum atomic E-state index is 14.8. The first-order valence-corrected chi connectivity index (χ1v) is 10.6. The van der Waals surface area contributed by atoms with Gasteiger partial charge in [-0.05, 0) is 24.1 Å². The van der Waals surface area contributed by atoms with E-state index in [1.54, 1.807) is 4.90 Å². The molecule has 0 bridgehead atoms. The molecule has 1 fully saturated rings. The fourth-order valence-electron chi connectivity index (χ4n) is 3.79. The number of hydrogen-bond acceptors (Lipinski definition) is 6. The molecular formula is C22H26F4N6O2. The highest BCUT2D eigenvalue weighted by atomic mass is 19.4. The van der Waals surface area contributed by atoms with Crippen LogP contribution in [0.1, 0.15) is 25.3 Å². The third-order valence-electron chi connectivity index (χ3n) is 5.66. The van der Waals surface area contributed by atoms with Crippen molar-refractivity contribution in [3.8, 4) is 0 Å². The number of carbonyl (C=O) groups excluding carboxylic acids is 1. The van der Waals surface area contributed by atoms with E-state index in [2.05, 4.69) is 10.6 Å². The van der Waals surface area contributed by atoms with E-state index >= 15 is 0 Å². The molecule has 0 aliphatic carbocycles. The second-order valence-electron chi connectivity index (χ2n) is 8.00. The van der Waals surface area contributed by atoms with Gasteiger partial charge in [0.1, 0.15) is 17.4 Å². The highest BCUT2D eigenvalue weighted by Gasteiger charge is 2.37. The van der Waals surface area contributed by atoms with Gasteiger partial charge in [-0.1, -0.05) is 6.07 Å². The number of amides is 1. The van der Waals surface area contributed by atoms with Crippen LogP contribution in [0.2, 0.25) is 0 Å². The Morgan fingerprint density at radius 2 is 2.06 bits per heavy atom. The number of rotatable bonds is 6.